The third-order valence-corrected chi connectivity index (χ3v) is 6.38. The number of thiophene rings is 1. The van der Waals surface area contributed by atoms with Gasteiger partial charge in [-0.15, -0.1) is 11.3 Å². The van der Waals surface area contributed by atoms with E-state index in [0.29, 0.717) is 0 Å². The van der Waals surface area contributed by atoms with E-state index in [2.05, 4.69) is 23.5 Å². The van der Waals surface area contributed by atoms with Crippen LogP contribution < -0.4 is 10.1 Å². The highest BCUT2D eigenvalue weighted by Gasteiger charge is 2.25. The zero-order valence-electron chi connectivity index (χ0n) is 14.3. The Morgan fingerprint density at radius 2 is 2.04 bits per heavy atom. The molecular formula is C20H21N3OS. The molecule has 1 N–H and O–H groups in total. The van der Waals surface area contributed by atoms with Crippen molar-refractivity contribution in [1.82, 2.24) is 9.97 Å². The monoisotopic (exact) mass is 351 g/mol. The molecule has 128 valence electrons. The summed E-state index contributed by atoms with van der Waals surface area (Å²) in [6, 6.07) is 8.55. The van der Waals surface area contributed by atoms with E-state index in [-0.39, 0.29) is 6.04 Å². The SMILES string of the molecule is Cc1nc(NC2CCOc3ccccc32)c2c3c(sc2n1)CCCC3. The number of nitrogens with one attached hydrogen (secondary N) is 1. The maximum absolute atomic E-state index is 5.81. The van der Waals surface area contributed by atoms with Crippen molar-refractivity contribution < 1.29 is 4.74 Å². The number of ether oxygens (including phenoxy) is 1. The van der Waals surface area contributed by atoms with Gasteiger partial charge in [-0.2, -0.15) is 0 Å². The normalized spacial score (nSPS) is 19.2. The first-order chi connectivity index (χ1) is 12.3. The fraction of sp³-hybridized carbons (Fsp3) is 0.400. The zero-order chi connectivity index (χ0) is 16.8. The summed E-state index contributed by atoms with van der Waals surface area (Å²) in [6.07, 6.45) is 5.86. The molecule has 1 aliphatic heterocycles. The van der Waals surface area contributed by atoms with Crippen LogP contribution in [-0.4, -0.2) is 16.6 Å². The van der Waals surface area contributed by atoms with Gasteiger partial charge in [0.05, 0.1) is 18.0 Å². The Bertz CT molecular complexity index is 950. The van der Waals surface area contributed by atoms with Gasteiger partial charge in [0.25, 0.3) is 0 Å². The topological polar surface area (TPSA) is 47.0 Å². The van der Waals surface area contributed by atoms with Crippen LogP contribution in [-0.2, 0) is 12.8 Å². The molecule has 5 rings (SSSR count). The number of hydrogen-bond donors (Lipinski definition) is 1. The number of hydrogen-bond acceptors (Lipinski definition) is 5. The van der Waals surface area contributed by atoms with Crippen LogP contribution in [0.2, 0.25) is 0 Å². The summed E-state index contributed by atoms with van der Waals surface area (Å²) in [5, 5.41) is 4.99. The molecule has 0 amide bonds. The van der Waals surface area contributed by atoms with Gasteiger partial charge in [0.15, 0.2) is 0 Å². The first kappa shape index (κ1) is 15.1. The van der Waals surface area contributed by atoms with E-state index in [1.165, 1.54) is 40.7 Å². The van der Waals surface area contributed by atoms with Crippen molar-refractivity contribution in [2.75, 3.05) is 11.9 Å². The van der Waals surface area contributed by atoms with Crippen molar-refractivity contribution in [1.29, 1.82) is 0 Å². The summed E-state index contributed by atoms with van der Waals surface area (Å²) in [5.41, 5.74) is 2.70. The predicted octanol–water partition coefficient (Wildman–Crippen LogP) is 4.81. The van der Waals surface area contributed by atoms with E-state index in [9.17, 15) is 0 Å². The molecule has 0 fully saturated rings. The van der Waals surface area contributed by atoms with Gasteiger partial charge in [-0.05, 0) is 44.2 Å². The molecule has 25 heavy (non-hydrogen) atoms. The standard InChI is InChI=1S/C20H21N3OS/c1-12-21-19(18-14-7-3-5-9-17(14)25-20(18)22-12)23-15-10-11-24-16-8-4-2-6-13(15)16/h2,4,6,8,15H,3,5,7,9-11H2,1H3,(H,21,22,23). The van der Waals surface area contributed by atoms with Crippen LogP contribution in [0.1, 0.15) is 47.1 Å². The summed E-state index contributed by atoms with van der Waals surface area (Å²) in [7, 11) is 0. The number of fused-ring (bicyclic) bond motifs is 4. The summed E-state index contributed by atoms with van der Waals surface area (Å²) < 4.78 is 5.81. The number of aromatic nitrogens is 2. The highest BCUT2D eigenvalue weighted by molar-refractivity contribution is 7.19. The Balaban J connectivity index is 1.61. The van der Waals surface area contributed by atoms with Crippen molar-refractivity contribution in [3.8, 4) is 5.75 Å². The molecule has 5 heteroatoms. The third-order valence-electron chi connectivity index (χ3n) is 5.20. The molecule has 3 aromatic rings. The predicted molar refractivity (Wildman–Crippen MR) is 102 cm³/mol. The van der Waals surface area contributed by atoms with Gasteiger partial charge in [-0.25, -0.2) is 9.97 Å². The second-order valence-electron chi connectivity index (χ2n) is 6.88. The number of nitrogens with zero attached hydrogens (tertiary/aromatic N) is 2. The summed E-state index contributed by atoms with van der Waals surface area (Å²) >= 11 is 1.86. The second-order valence-corrected chi connectivity index (χ2v) is 7.97. The lowest BCUT2D eigenvalue weighted by Crippen LogP contribution is -2.21. The van der Waals surface area contributed by atoms with Gasteiger partial charge in [0.1, 0.15) is 22.2 Å². The van der Waals surface area contributed by atoms with E-state index in [1.807, 2.05) is 24.3 Å². The molecule has 1 unspecified atom stereocenters. The minimum atomic E-state index is 0.238. The van der Waals surface area contributed by atoms with Crippen LogP contribution in [0, 0.1) is 6.92 Å². The lowest BCUT2D eigenvalue weighted by molar-refractivity contribution is 0.274. The van der Waals surface area contributed by atoms with Gasteiger partial charge >= 0.3 is 0 Å². The van der Waals surface area contributed by atoms with Crippen LogP contribution >= 0.6 is 11.3 Å². The number of rotatable bonds is 2. The van der Waals surface area contributed by atoms with Gasteiger partial charge in [0, 0.05) is 16.9 Å². The molecule has 0 saturated heterocycles. The van der Waals surface area contributed by atoms with E-state index < -0.39 is 0 Å². The Labute approximate surface area is 151 Å². The summed E-state index contributed by atoms with van der Waals surface area (Å²) in [4.78, 5) is 12.2. The first-order valence-electron chi connectivity index (χ1n) is 9.07. The lowest BCUT2D eigenvalue weighted by Gasteiger charge is -2.27. The van der Waals surface area contributed by atoms with E-state index in [4.69, 9.17) is 14.7 Å². The minimum Gasteiger partial charge on any atom is -0.493 e. The Morgan fingerprint density at radius 1 is 1.16 bits per heavy atom. The van der Waals surface area contributed by atoms with Crippen molar-refractivity contribution >= 4 is 27.4 Å². The van der Waals surface area contributed by atoms with E-state index >= 15 is 0 Å². The van der Waals surface area contributed by atoms with Crippen LogP contribution in [0.25, 0.3) is 10.2 Å². The largest absolute Gasteiger partial charge is 0.493 e. The highest BCUT2D eigenvalue weighted by atomic mass is 32.1. The van der Waals surface area contributed by atoms with Crippen molar-refractivity contribution in [2.45, 2.75) is 45.1 Å². The van der Waals surface area contributed by atoms with Crippen molar-refractivity contribution in [3.05, 3.63) is 46.1 Å². The molecule has 3 heterocycles. The van der Waals surface area contributed by atoms with Gasteiger partial charge in [0.2, 0.25) is 0 Å². The van der Waals surface area contributed by atoms with Gasteiger partial charge in [-0.3, -0.25) is 0 Å². The Morgan fingerprint density at radius 3 is 3.00 bits per heavy atom. The quantitative estimate of drug-likeness (QED) is 0.719. The summed E-state index contributed by atoms with van der Waals surface area (Å²) in [6.45, 7) is 2.73. The first-order valence-corrected chi connectivity index (χ1v) is 9.88. The molecule has 4 nitrogen and oxygen atoms in total. The molecule has 0 saturated carbocycles. The van der Waals surface area contributed by atoms with Gasteiger partial charge in [-0.1, -0.05) is 18.2 Å². The maximum Gasteiger partial charge on any atom is 0.139 e. The fourth-order valence-electron chi connectivity index (χ4n) is 4.03. The molecule has 1 aromatic carbocycles. The minimum absolute atomic E-state index is 0.238. The maximum atomic E-state index is 5.81. The van der Waals surface area contributed by atoms with Crippen LogP contribution in [0.5, 0.6) is 5.75 Å². The average molecular weight is 351 g/mol. The average Bonchev–Trinajstić information content (AvgIpc) is 3.00. The number of para-hydroxylation sites is 1. The molecule has 0 bridgehead atoms. The molecule has 1 atom stereocenters. The van der Waals surface area contributed by atoms with Crippen LogP contribution in [0.4, 0.5) is 5.82 Å². The molecule has 0 spiro atoms. The Kier molecular flexibility index (Phi) is 3.63. The smallest absolute Gasteiger partial charge is 0.139 e. The van der Waals surface area contributed by atoms with Crippen LogP contribution in [0.3, 0.4) is 0 Å². The third kappa shape index (κ3) is 2.58. The fourth-order valence-corrected chi connectivity index (χ4v) is 5.33. The number of anilines is 1. The molecule has 2 aliphatic rings. The Hall–Kier alpha value is -2.14. The molecular weight excluding hydrogens is 330 g/mol. The number of aryl methyl sites for hydroxylation is 3. The van der Waals surface area contributed by atoms with Crippen LogP contribution in [0.15, 0.2) is 24.3 Å². The lowest BCUT2D eigenvalue weighted by atomic mass is 9.96. The molecule has 1 aliphatic carbocycles. The van der Waals surface area contributed by atoms with Crippen molar-refractivity contribution in [3.63, 3.8) is 0 Å². The van der Waals surface area contributed by atoms with Crippen molar-refractivity contribution in [2.24, 2.45) is 0 Å². The highest BCUT2D eigenvalue weighted by Crippen LogP contribution is 2.41. The molecule has 0 radical (unpaired) electrons. The summed E-state index contributed by atoms with van der Waals surface area (Å²) in [5.74, 6) is 2.83. The van der Waals surface area contributed by atoms with E-state index in [0.717, 1.165) is 41.7 Å². The van der Waals surface area contributed by atoms with E-state index in [1.54, 1.807) is 0 Å². The second kappa shape index (κ2) is 5.99. The van der Waals surface area contributed by atoms with Gasteiger partial charge < -0.3 is 10.1 Å². The molecule has 2 aromatic heterocycles. The number of benzene rings is 1. The zero-order valence-corrected chi connectivity index (χ0v) is 15.2.